The minimum atomic E-state index is -5.30. The van der Waals surface area contributed by atoms with Crippen LogP contribution in [0.15, 0.2) is 146 Å². The molecule has 0 fully saturated rings. The van der Waals surface area contributed by atoms with Gasteiger partial charge in [-0.05, 0) is 214 Å². The molecule has 1 amide bonds. The van der Waals surface area contributed by atoms with Crippen LogP contribution in [-0.2, 0) is 49.7 Å². The van der Waals surface area contributed by atoms with Crippen LogP contribution in [0.4, 0.5) is 5.69 Å². The number of nitrogens with two attached hydrogens (primary N) is 1. The Labute approximate surface area is 725 Å². The smallest absolute Gasteiger partial charge is 0.336 e. The summed E-state index contributed by atoms with van der Waals surface area (Å²) >= 11 is 0. The number of fused-ring (bicyclic) bond motifs is 8. The van der Waals surface area contributed by atoms with E-state index < -0.39 is 64.6 Å². The van der Waals surface area contributed by atoms with Crippen molar-refractivity contribution in [1.29, 1.82) is 0 Å². The molecule has 5 heterocycles. The summed E-state index contributed by atoms with van der Waals surface area (Å²) in [4.78, 5) is 82.8. The zero-order valence-electron chi connectivity index (χ0n) is 74.2. The zero-order chi connectivity index (χ0) is 90.2. The van der Waals surface area contributed by atoms with Gasteiger partial charge in [0.15, 0.2) is 27.8 Å². The molecule has 0 aromatic heterocycles. The Hall–Kier alpha value is -11.4. The van der Waals surface area contributed by atoms with Crippen molar-refractivity contribution >= 4 is 88.6 Å². The maximum atomic E-state index is 14.4. The molecular formula is C101H112N5O16S2+. The van der Waals surface area contributed by atoms with Gasteiger partial charge in [-0.2, -0.15) is 0 Å². The Kier molecular flexibility index (Phi) is 25.5. The fourth-order valence-corrected chi connectivity index (χ4v) is 21.0. The molecule has 0 radical (unpaired) electrons. The minimum absolute atomic E-state index is 0.0220. The van der Waals surface area contributed by atoms with Gasteiger partial charge in [-0.3, -0.25) is 24.6 Å². The number of nitrogens with one attached hydrogen (secondary N) is 1. The third-order valence-electron chi connectivity index (χ3n) is 25.3. The molecular weight excluding hydrogens is 1600 g/mol. The molecule has 5 N–H and O–H groups in total. The zero-order valence-corrected chi connectivity index (χ0v) is 75.8. The number of hydrogen-bond acceptors (Lipinski definition) is 15. The monoisotopic (exact) mass is 1710 g/mol. The Morgan fingerprint density at radius 3 is 1.85 bits per heavy atom. The molecule has 124 heavy (non-hydrogen) atoms. The topological polar surface area (TPSA) is 333 Å². The van der Waals surface area contributed by atoms with Crippen molar-refractivity contribution in [2.75, 3.05) is 44.7 Å². The third kappa shape index (κ3) is 16.9. The number of benzene rings is 9. The van der Waals surface area contributed by atoms with E-state index in [9.17, 15) is 64.9 Å². The van der Waals surface area contributed by atoms with E-state index in [1.165, 1.54) is 117 Å². The molecule has 8 aliphatic rings. The van der Waals surface area contributed by atoms with Crippen LogP contribution in [0.3, 0.4) is 0 Å². The van der Waals surface area contributed by atoms with Crippen molar-refractivity contribution in [3.8, 4) is 44.9 Å². The molecule has 3 aliphatic carbocycles. The molecule has 23 heteroatoms. The molecule has 5 aliphatic heterocycles. The van der Waals surface area contributed by atoms with Crippen LogP contribution < -0.4 is 41.2 Å². The summed E-state index contributed by atoms with van der Waals surface area (Å²) in [6, 6.07) is 38.1. The highest BCUT2D eigenvalue weighted by Crippen LogP contribution is 2.52. The molecule has 15 rings (SSSR count). The fraction of sp³-hybridized carbons (Fsp3) is 0.376. The summed E-state index contributed by atoms with van der Waals surface area (Å²) in [5, 5.41) is 30.1. The van der Waals surface area contributed by atoms with Gasteiger partial charge in [-0.1, -0.05) is 130 Å². The number of rotatable bonds is 21. The average Bonchev–Trinajstić information content (AvgIpc) is 0.696. The summed E-state index contributed by atoms with van der Waals surface area (Å²) < 4.78 is 87.8. The van der Waals surface area contributed by atoms with Gasteiger partial charge >= 0.3 is 11.9 Å². The van der Waals surface area contributed by atoms with Crippen molar-refractivity contribution in [1.82, 2.24) is 9.48 Å². The molecule has 0 spiro atoms. The second kappa shape index (κ2) is 35.0. The van der Waals surface area contributed by atoms with Gasteiger partial charge in [0, 0.05) is 146 Å². The molecule has 0 saturated carbocycles. The molecule has 648 valence electrons. The molecule has 0 saturated heterocycles. The molecule has 7 aromatic carbocycles. The summed E-state index contributed by atoms with van der Waals surface area (Å²) in [7, 11) is -8.61. The Bertz CT molecular complexity index is 6740. The number of Topliss-reactive ketones (excluding diaryl/α,β-unsaturated/α-hetero) is 3. The van der Waals surface area contributed by atoms with E-state index in [0.29, 0.717) is 42.2 Å². The van der Waals surface area contributed by atoms with Crippen LogP contribution in [0.1, 0.15) is 254 Å². The molecule has 1 unspecified atom stereocenters. The standard InChI is InChI=1S/C45H58N3O2.C31H33NO4.C25H21NO10S2/c1-10-48-38-26-37-35(25-34(38)29(4)27-44(48,5)6)40(31-17-11-12-18-32(31)43(50)46(9)21-15-20-39(49)28(2)3)36-24-30-16-13-22-47-23-14-19-33(42(30)47)41(36)45(37,7)8;1-7-9-20-15-27-24(12-18(20)5)29(25-13-19(6)26(32-8-2)16-28(25)36-27)22-11-10-21(30(33)17(3)4)14-23(22)31(34)35;1-11(2)20(27)13-5-7-14(17(10-13)25(28)29)19-15-6-4-12(3)23(37(30,31)32)21(15)36-22-16(19)8-9-18(26)24(22)38(33,34)35/h11-12,17-18,24-26,28-29H,10,13-16,19-23,27H2,1-9H3;10-17H,7-9H2,1-6H3,(H,34,35);4-11,26H,1-3H3,(H,28,29)(H,30,31,32)(H,33,34,35)/q+1;;. The van der Waals surface area contributed by atoms with Gasteiger partial charge in [0.2, 0.25) is 16.1 Å². The van der Waals surface area contributed by atoms with Crippen molar-refractivity contribution in [3.05, 3.63) is 238 Å². The van der Waals surface area contributed by atoms with Crippen molar-refractivity contribution < 1.29 is 84.2 Å². The molecule has 0 bridgehead atoms. The first kappa shape index (κ1) is 90.4. The summed E-state index contributed by atoms with van der Waals surface area (Å²) in [6.45, 7) is 39.4. The number of aromatic carboxylic acids is 2. The highest BCUT2D eigenvalue weighted by molar-refractivity contribution is 7.86. The van der Waals surface area contributed by atoms with Crippen LogP contribution >= 0.6 is 0 Å². The van der Waals surface area contributed by atoms with Gasteiger partial charge in [0.25, 0.3) is 5.91 Å². The van der Waals surface area contributed by atoms with E-state index in [4.69, 9.17) is 14.2 Å². The van der Waals surface area contributed by atoms with Crippen LogP contribution in [0.5, 0.6) is 0 Å². The predicted molar refractivity (Wildman–Crippen MR) is 479 cm³/mol. The minimum Gasteiger partial charge on any atom is -0.744 e. The number of amides is 1. The Morgan fingerprint density at radius 1 is 0.653 bits per heavy atom. The summed E-state index contributed by atoms with van der Waals surface area (Å²) in [6.07, 6.45) is 8.82. The third-order valence-corrected chi connectivity index (χ3v) is 27.2. The van der Waals surface area contributed by atoms with E-state index in [1.807, 2.05) is 71.7 Å². The lowest BCUT2D eigenvalue weighted by molar-refractivity contribution is -0.496. The normalized spacial score (nSPS) is 15.3. The van der Waals surface area contributed by atoms with Gasteiger partial charge in [-0.25, -0.2) is 36.0 Å². The molecule has 1 atom stereocenters. The van der Waals surface area contributed by atoms with Crippen molar-refractivity contribution in [2.24, 2.45) is 17.8 Å². The van der Waals surface area contributed by atoms with E-state index >= 15 is 0 Å². The number of hydrogen-bond donors (Lipinski definition) is 4. The van der Waals surface area contributed by atoms with E-state index in [0.717, 1.165) is 120 Å². The highest BCUT2D eigenvalue weighted by atomic mass is 32.2. The Balaban J connectivity index is 0.000000163. The van der Waals surface area contributed by atoms with Crippen LogP contribution in [0, 0.1) is 38.5 Å². The first-order valence-corrected chi connectivity index (χ1v) is 45.9. The number of ketones is 3. The van der Waals surface area contributed by atoms with Gasteiger partial charge in [0.1, 0.15) is 61.9 Å². The first-order chi connectivity index (χ1) is 58.4. The number of carboxylic acids is 2. The van der Waals surface area contributed by atoms with Crippen LogP contribution in [0.25, 0.3) is 72.4 Å². The van der Waals surface area contributed by atoms with Crippen molar-refractivity contribution in [2.45, 2.75) is 202 Å². The molecule has 7 aromatic rings. The number of anilines is 1. The van der Waals surface area contributed by atoms with Crippen molar-refractivity contribution in [3.63, 3.8) is 0 Å². The Morgan fingerprint density at radius 2 is 1.27 bits per heavy atom. The molecule has 21 nitrogen and oxygen atoms in total. The number of aryl methyl sites for hydroxylation is 5. The predicted octanol–water partition coefficient (Wildman–Crippen LogP) is 14.0. The van der Waals surface area contributed by atoms with Gasteiger partial charge in [0.05, 0.1) is 17.2 Å². The second-order valence-corrected chi connectivity index (χ2v) is 38.4. The quantitative estimate of drug-likeness (QED) is 0.0225. The van der Waals surface area contributed by atoms with Crippen LogP contribution in [-0.4, -0.2) is 122 Å². The number of carbonyl (C=O) groups is 6. The number of carboxylic acid groups (broad SMARTS) is 2. The van der Waals surface area contributed by atoms with Crippen LogP contribution in [0.2, 0.25) is 0 Å². The van der Waals surface area contributed by atoms with Gasteiger partial charge < -0.3 is 38.0 Å². The number of carbonyl (C=O) groups excluding carboxylic acids is 4. The lowest BCUT2D eigenvalue weighted by Crippen LogP contribution is -2.76. The second-order valence-electron chi connectivity index (χ2n) is 35.8. The average molecular weight is 1720 g/mol. The van der Waals surface area contributed by atoms with E-state index in [1.54, 1.807) is 26.0 Å². The first-order valence-electron chi connectivity index (χ1n) is 43.1. The van der Waals surface area contributed by atoms with E-state index in [2.05, 4.69) is 118 Å². The fourth-order valence-electron chi connectivity index (χ4n) is 19.4. The van der Waals surface area contributed by atoms with E-state index in [-0.39, 0.29) is 90.4 Å². The summed E-state index contributed by atoms with van der Waals surface area (Å²) in [5.74, 6) is -2.83. The lowest BCUT2D eigenvalue weighted by Gasteiger charge is -2.48. The largest absolute Gasteiger partial charge is 0.744 e. The summed E-state index contributed by atoms with van der Waals surface area (Å²) in [5.41, 5.74) is 18.5. The number of nitrogens with zero attached hydrogens (tertiary/aromatic N) is 3. The lowest BCUT2D eigenvalue weighted by atomic mass is 9.64. The SMILES string of the molecule is CCCc1cc2oc3cc(=[NH+]CC)c(C)cc-3c(-c3ccc(C(=O)C(C)C)cc3C(=O)O)c2cc1C.CCN1c2cc3c(cc2C(C)CC1(C)C)C(c1ccccc1C(=O)N(C)CCCC(=O)C(C)C)=c1cc2c4c(c1C3(C)C)CCC[N+]=4CCC2.Cc1ccc2c(-c3ccc(C(=O)C(C)C)cc3C(=O)O)c3ccc(=[NH2+])c(S(=O)(=O)[O-])c-3oc2c1S(=O)(=O)[O-]. The highest BCUT2D eigenvalue weighted by Gasteiger charge is 2.44. The van der Waals surface area contributed by atoms with Gasteiger partial charge in [-0.15, -0.1) is 0 Å². The maximum Gasteiger partial charge on any atom is 0.336 e. The maximum absolute atomic E-state index is 14.4.